The van der Waals surface area contributed by atoms with E-state index in [1.54, 1.807) is 13.8 Å². The SMILES string of the molecule is Cc1[nH]nc(C(C)Oc2ccc(C(C)C)cc2)c1C(=O)O. The second-order valence-corrected chi connectivity index (χ2v) is 5.40. The number of rotatable bonds is 5. The number of H-pyrrole nitrogens is 1. The molecule has 0 radical (unpaired) electrons. The van der Waals surface area contributed by atoms with E-state index < -0.39 is 12.1 Å². The predicted octanol–water partition coefficient (Wildman–Crippen LogP) is 3.68. The molecule has 0 bridgehead atoms. The number of aromatic carboxylic acids is 1. The number of hydrogen-bond acceptors (Lipinski definition) is 3. The van der Waals surface area contributed by atoms with E-state index in [1.165, 1.54) is 5.56 Å². The van der Waals surface area contributed by atoms with Gasteiger partial charge in [-0.3, -0.25) is 5.10 Å². The van der Waals surface area contributed by atoms with Crippen LogP contribution >= 0.6 is 0 Å². The minimum Gasteiger partial charge on any atom is -0.484 e. The van der Waals surface area contributed by atoms with Crippen LogP contribution in [0.4, 0.5) is 0 Å². The molecule has 5 heteroatoms. The van der Waals surface area contributed by atoms with Gasteiger partial charge >= 0.3 is 5.97 Å². The zero-order chi connectivity index (χ0) is 15.6. The highest BCUT2D eigenvalue weighted by atomic mass is 16.5. The van der Waals surface area contributed by atoms with Gasteiger partial charge < -0.3 is 9.84 Å². The Morgan fingerprint density at radius 1 is 1.24 bits per heavy atom. The lowest BCUT2D eigenvalue weighted by molar-refractivity contribution is 0.0691. The molecule has 0 amide bonds. The molecule has 21 heavy (non-hydrogen) atoms. The maximum atomic E-state index is 11.3. The molecule has 5 nitrogen and oxygen atoms in total. The molecular formula is C16H20N2O3. The second-order valence-electron chi connectivity index (χ2n) is 5.40. The first-order valence-corrected chi connectivity index (χ1v) is 6.95. The van der Waals surface area contributed by atoms with E-state index >= 15 is 0 Å². The highest BCUT2D eigenvalue weighted by Crippen LogP contribution is 2.25. The minimum absolute atomic E-state index is 0.182. The van der Waals surface area contributed by atoms with Crippen molar-refractivity contribution >= 4 is 5.97 Å². The van der Waals surface area contributed by atoms with Gasteiger partial charge in [-0.1, -0.05) is 26.0 Å². The van der Waals surface area contributed by atoms with Crippen LogP contribution in [0.2, 0.25) is 0 Å². The average molecular weight is 288 g/mol. The molecule has 0 aliphatic carbocycles. The molecule has 0 saturated heterocycles. The highest BCUT2D eigenvalue weighted by Gasteiger charge is 2.22. The highest BCUT2D eigenvalue weighted by molar-refractivity contribution is 5.90. The van der Waals surface area contributed by atoms with Crippen LogP contribution in [0.1, 0.15) is 60.1 Å². The van der Waals surface area contributed by atoms with E-state index in [4.69, 9.17) is 4.74 Å². The molecule has 0 aliphatic heterocycles. The summed E-state index contributed by atoms with van der Waals surface area (Å²) in [5, 5.41) is 16.0. The molecule has 1 atom stereocenters. The van der Waals surface area contributed by atoms with Crippen molar-refractivity contribution in [3.8, 4) is 5.75 Å². The summed E-state index contributed by atoms with van der Waals surface area (Å²) in [7, 11) is 0. The number of nitrogens with zero attached hydrogens (tertiary/aromatic N) is 1. The number of aryl methyl sites for hydroxylation is 1. The molecule has 0 saturated carbocycles. The van der Waals surface area contributed by atoms with Gasteiger partial charge in [-0.2, -0.15) is 5.10 Å². The van der Waals surface area contributed by atoms with E-state index in [9.17, 15) is 9.90 Å². The first kappa shape index (κ1) is 15.1. The van der Waals surface area contributed by atoms with Crippen LogP contribution in [0, 0.1) is 6.92 Å². The van der Waals surface area contributed by atoms with Crippen molar-refractivity contribution in [2.75, 3.05) is 0 Å². The Balaban J connectivity index is 2.18. The Morgan fingerprint density at radius 3 is 2.38 bits per heavy atom. The third kappa shape index (κ3) is 3.24. The van der Waals surface area contributed by atoms with Crippen molar-refractivity contribution in [2.24, 2.45) is 0 Å². The Hall–Kier alpha value is -2.30. The van der Waals surface area contributed by atoms with E-state index in [-0.39, 0.29) is 5.56 Å². The van der Waals surface area contributed by atoms with E-state index in [0.29, 0.717) is 23.1 Å². The summed E-state index contributed by atoms with van der Waals surface area (Å²) in [5.74, 6) is 0.162. The zero-order valence-corrected chi connectivity index (χ0v) is 12.7. The van der Waals surface area contributed by atoms with Crippen LogP contribution in [0.3, 0.4) is 0 Å². The molecule has 2 rings (SSSR count). The summed E-state index contributed by atoms with van der Waals surface area (Å²) in [6, 6.07) is 7.82. The fourth-order valence-corrected chi connectivity index (χ4v) is 2.20. The summed E-state index contributed by atoms with van der Waals surface area (Å²) in [6.45, 7) is 7.73. The van der Waals surface area contributed by atoms with Crippen molar-refractivity contribution in [3.63, 3.8) is 0 Å². The molecule has 1 unspecified atom stereocenters. The van der Waals surface area contributed by atoms with Gasteiger partial charge in [0.15, 0.2) is 0 Å². The predicted molar refractivity (Wildman–Crippen MR) is 79.9 cm³/mol. The van der Waals surface area contributed by atoms with E-state index in [2.05, 4.69) is 24.0 Å². The lowest BCUT2D eigenvalue weighted by Gasteiger charge is -2.14. The van der Waals surface area contributed by atoms with Crippen molar-refractivity contribution in [3.05, 3.63) is 46.8 Å². The smallest absolute Gasteiger partial charge is 0.339 e. The normalized spacial score (nSPS) is 12.4. The number of hydrogen-bond donors (Lipinski definition) is 2. The lowest BCUT2D eigenvalue weighted by Crippen LogP contribution is -2.10. The van der Waals surface area contributed by atoms with Gasteiger partial charge in [-0.25, -0.2) is 4.79 Å². The third-order valence-electron chi connectivity index (χ3n) is 3.43. The van der Waals surface area contributed by atoms with Crippen LogP contribution in [0.15, 0.2) is 24.3 Å². The van der Waals surface area contributed by atoms with Crippen LogP contribution in [0.25, 0.3) is 0 Å². The van der Waals surface area contributed by atoms with Crippen LogP contribution in [-0.4, -0.2) is 21.3 Å². The summed E-state index contributed by atoms with van der Waals surface area (Å²) in [4.78, 5) is 11.3. The number of aromatic amines is 1. The van der Waals surface area contributed by atoms with E-state index in [0.717, 1.165) is 0 Å². The fourth-order valence-electron chi connectivity index (χ4n) is 2.20. The molecule has 1 aromatic carbocycles. The topological polar surface area (TPSA) is 75.2 Å². The number of carboxylic acid groups (broad SMARTS) is 1. The first-order chi connectivity index (χ1) is 9.90. The summed E-state index contributed by atoms with van der Waals surface area (Å²) in [5.41, 5.74) is 2.36. The Labute approximate surface area is 124 Å². The molecular weight excluding hydrogens is 268 g/mol. The molecule has 1 heterocycles. The van der Waals surface area contributed by atoms with Gasteiger partial charge in [0.05, 0.1) is 0 Å². The molecule has 2 aromatic rings. The molecule has 2 N–H and O–H groups in total. The zero-order valence-electron chi connectivity index (χ0n) is 12.7. The van der Waals surface area contributed by atoms with Crippen molar-refractivity contribution in [1.29, 1.82) is 0 Å². The molecule has 0 aliphatic rings. The monoisotopic (exact) mass is 288 g/mol. The third-order valence-corrected chi connectivity index (χ3v) is 3.43. The second kappa shape index (κ2) is 5.99. The van der Waals surface area contributed by atoms with Crippen LogP contribution in [-0.2, 0) is 0 Å². The lowest BCUT2D eigenvalue weighted by atomic mass is 10.0. The number of benzene rings is 1. The summed E-state index contributed by atoms with van der Waals surface area (Å²) >= 11 is 0. The summed E-state index contributed by atoms with van der Waals surface area (Å²) < 4.78 is 5.79. The standard InChI is InChI=1S/C16H20N2O3/c1-9(2)12-5-7-13(8-6-12)21-11(4)15-14(16(19)20)10(3)17-18-15/h5-9,11H,1-4H3,(H,17,18)(H,19,20). The Morgan fingerprint density at radius 2 is 1.86 bits per heavy atom. The molecule has 0 fully saturated rings. The Kier molecular flexibility index (Phi) is 4.31. The average Bonchev–Trinajstić information content (AvgIpc) is 2.81. The van der Waals surface area contributed by atoms with Crippen LogP contribution < -0.4 is 4.74 Å². The largest absolute Gasteiger partial charge is 0.484 e. The maximum absolute atomic E-state index is 11.3. The van der Waals surface area contributed by atoms with Crippen LogP contribution in [0.5, 0.6) is 5.75 Å². The fraction of sp³-hybridized carbons (Fsp3) is 0.375. The maximum Gasteiger partial charge on any atom is 0.339 e. The molecule has 0 spiro atoms. The van der Waals surface area contributed by atoms with Crippen molar-refractivity contribution in [2.45, 2.75) is 39.7 Å². The van der Waals surface area contributed by atoms with Gasteiger partial charge in [0.1, 0.15) is 23.1 Å². The number of nitrogens with one attached hydrogen (secondary N) is 1. The number of ether oxygens (including phenoxy) is 1. The van der Waals surface area contributed by atoms with Gasteiger partial charge in [0.25, 0.3) is 0 Å². The van der Waals surface area contributed by atoms with Crippen molar-refractivity contribution in [1.82, 2.24) is 10.2 Å². The van der Waals surface area contributed by atoms with Gasteiger partial charge in [-0.15, -0.1) is 0 Å². The molecule has 112 valence electrons. The van der Waals surface area contributed by atoms with E-state index in [1.807, 2.05) is 24.3 Å². The molecule has 1 aromatic heterocycles. The van der Waals surface area contributed by atoms with Gasteiger partial charge in [0.2, 0.25) is 0 Å². The van der Waals surface area contributed by atoms with Gasteiger partial charge in [-0.05, 0) is 37.5 Å². The quantitative estimate of drug-likeness (QED) is 0.880. The van der Waals surface area contributed by atoms with Gasteiger partial charge in [0, 0.05) is 5.69 Å². The summed E-state index contributed by atoms with van der Waals surface area (Å²) in [6.07, 6.45) is -0.439. The van der Waals surface area contributed by atoms with Crippen molar-refractivity contribution < 1.29 is 14.6 Å². The minimum atomic E-state index is -0.998. The number of carbonyl (C=O) groups is 1. The number of carboxylic acids is 1. The number of aromatic nitrogens is 2. The Bertz CT molecular complexity index is 629. The first-order valence-electron chi connectivity index (χ1n) is 6.95.